The largest absolute Gasteiger partial charge is 0.463 e. The molecule has 9 nitrogen and oxygen atoms in total. The van der Waals surface area contributed by atoms with E-state index in [4.69, 9.17) is 9.47 Å². The second-order valence-electron chi connectivity index (χ2n) is 11.6. The number of ether oxygens (including phenoxy) is 2. The van der Waals surface area contributed by atoms with Crippen LogP contribution in [0.1, 0.15) is 63.6 Å². The van der Waals surface area contributed by atoms with Crippen LogP contribution in [0, 0.1) is 11.8 Å². The van der Waals surface area contributed by atoms with Crippen LogP contribution in [0.4, 0.5) is 0 Å². The number of rotatable bonds is 18. The number of aliphatic hydroxyl groups is 1. The zero-order valence-corrected chi connectivity index (χ0v) is 26.1. The molecule has 2 aromatic rings. The lowest BCUT2D eigenvalue weighted by atomic mass is 9.97. The van der Waals surface area contributed by atoms with Crippen LogP contribution < -0.4 is 5.32 Å². The summed E-state index contributed by atoms with van der Waals surface area (Å²) in [5.74, 6) is -3.33. The van der Waals surface area contributed by atoms with Crippen molar-refractivity contribution < 1.29 is 33.8 Å². The van der Waals surface area contributed by atoms with Crippen LogP contribution in [0.3, 0.4) is 0 Å². The van der Waals surface area contributed by atoms with Crippen LogP contribution in [-0.4, -0.2) is 59.1 Å². The molecule has 0 fully saturated rings. The monoisotopic (exact) mass is 606 g/mol. The first-order chi connectivity index (χ1) is 21.0. The summed E-state index contributed by atoms with van der Waals surface area (Å²) in [6, 6.07) is 17.8. The first-order valence-corrected chi connectivity index (χ1v) is 14.9. The third kappa shape index (κ3) is 13.0. The van der Waals surface area contributed by atoms with Gasteiger partial charge in [0.1, 0.15) is 12.2 Å². The zero-order chi connectivity index (χ0) is 32.5. The van der Waals surface area contributed by atoms with Gasteiger partial charge in [-0.15, -0.1) is 13.2 Å². The number of allylic oxidation sites excluding steroid dienone is 2. The van der Waals surface area contributed by atoms with Gasteiger partial charge in [-0.2, -0.15) is 0 Å². The fourth-order valence-electron chi connectivity index (χ4n) is 4.57. The lowest BCUT2D eigenvalue weighted by Gasteiger charge is -2.26. The number of amides is 2. The Morgan fingerprint density at radius 1 is 0.909 bits per heavy atom. The summed E-state index contributed by atoms with van der Waals surface area (Å²) in [6.45, 7) is 12.7. The highest BCUT2D eigenvalue weighted by molar-refractivity contribution is 5.86. The number of carbonyl (C=O) groups excluding carboxylic acids is 4. The molecule has 44 heavy (non-hydrogen) atoms. The molecule has 238 valence electrons. The Bertz CT molecular complexity index is 1220. The van der Waals surface area contributed by atoms with Crippen LogP contribution in [-0.2, 0) is 35.2 Å². The van der Waals surface area contributed by atoms with Gasteiger partial charge in [0.25, 0.3) is 0 Å². The van der Waals surface area contributed by atoms with E-state index >= 15 is 0 Å². The van der Waals surface area contributed by atoms with Gasteiger partial charge in [0.15, 0.2) is 0 Å². The molecule has 0 bridgehead atoms. The van der Waals surface area contributed by atoms with E-state index in [0.717, 1.165) is 5.56 Å². The third-order valence-electron chi connectivity index (χ3n) is 6.71. The molecule has 0 saturated carbocycles. The second kappa shape index (κ2) is 18.4. The van der Waals surface area contributed by atoms with Gasteiger partial charge in [0.05, 0.1) is 30.9 Å². The van der Waals surface area contributed by atoms with E-state index in [9.17, 15) is 24.3 Å². The molecule has 0 saturated heterocycles. The minimum atomic E-state index is -0.789. The van der Waals surface area contributed by atoms with Gasteiger partial charge in [0.2, 0.25) is 11.8 Å². The standard InChI is InChI=1S/C35H46N2O7/c1-6-14-28(22-31(39)37(20-21-38)24-26-16-10-8-11-17-26)33(41)36-30(27-18-12-9-13-19-27)25-43-34(42)29(15-7-2)23-32(40)44-35(3,4)5/h6-13,16-19,28-30,38H,1-2,14-15,20-25H2,3-5H3,(H,36,41)/t28-,29-,30+/m0/s1. The number of nitrogens with one attached hydrogen (secondary N) is 1. The molecule has 0 aliphatic heterocycles. The Morgan fingerprint density at radius 2 is 1.50 bits per heavy atom. The molecule has 0 aliphatic rings. The van der Waals surface area contributed by atoms with E-state index in [1.165, 1.54) is 4.90 Å². The van der Waals surface area contributed by atoms with Crippen LogP contribution in [0.2, 0.25) is 0 Å². The van der Waals surface area contributed by atoms with E-state index in [2.05, 4.69) is 18.5 Å². The number of benzene rings is 2. The molecule has 2 aromatic carbocycles. The molecule has 0 unspecified atom stereocenters. The van der Waals surface area contributed by atoms with Gasteiger partial charge in [0, 0.05) is 19.5 Å². The van der Waals surface area contributed by atoms with Crippen LogP contribution in [0.5, 0.6) is 0 Å². The first kappa shape index (κ1) is 36.0. The Labute approximate surface area is 260 Å². The maximum atomic E-state index is 13.6. The molecule has 0 aromatic heterocycles. The van der Waals surface area contributed by atoms with E-state index in [-0.39, 0.29) is 51.3 Å². The van der Waals surface area contributed by atoms with Gasteiger partial charge in [-0.25, -0.2) is 0 Å². The van der Waals surface area contributed by atoms with Gasteiger partial charge in [-0.05, 0) is 44.7 Å². The van der Waals surface area contributed by atoms with Crippen molar-refractivity contribution in [1.29, 1.82) is 0 Å². The molecule has 0 spiro atoms. The Hall–Kier alpha value is -4.24. The van der Waals surface area contributed by atoms with Gasteiger partial charge in [-0.3, -0.25) is 19.2 Å². The normalized spacial score (nSPS) is 13.1. The minimum absolute atomic E-state index is 0.0940. The number of carbonyl (C=O) groups is 4. The maximum absolute atomic E-state index is 13.6. The van der Waals surface area contributed by atoms with Crippen molar-refractivity contribution in [3.8, 4) is 0 Å². The predicted octanol–water partition coefficient (Wildman–Crippen LogP) is 4.91. The van der Waals surface area contributed by atoms with Crippen LogP contribution in [0.15, 0.2) is 86.0 Å². The fourth-order valence-corrected chi connectivity index (χ4v) is 4.57. The SMILES string of the molecule is C=CC[C@@H](CC(=O)N(CCO)Cc1ccccc1)C(=O)N[C@H](COC(=O)[C@@H](CC=C)CC(=O)OC(C)(C)C)c1ccccc1. The lowest BCUT2D eigenvalue weighted by Crippen LogP contribution is -2.40. The van der Waals surface area contributed by atoms with Crippen molar-refractivity contribution in [3.63, 3.8) is 0 Å². The molecular weight excluding hydrogens is 560 g/mol. The molecule has 2 amide bonds. The number of nitrogens with zero attached hydrogens (tertiary/aromatic N) is 1. The molecule has 0 heterocycles. The summed E-state index contributed by atoms with van der Waals surface area (Å²) in [6.07, 6.45) is 3.33. The Kier molecular flexibility index (Phi) is 15.1. The van der Waals surface area contributed by atoms with Crippen LogP contribution >= 0.6 is 0 Å². The first-order valence-electron chi connectivity index (χ1n) is 14.9. The van der Waals surface area contributed by atoms with Crippen molar-refractivity contribution in [2.45, 2.75) is 64.6 Å². The third-order valence-corrected chi connectivity index (χ3v) is 6.71. The topological polar surface area (TPSA) is 122 Å². The average molecular weight is 607 g/mol. The summed E-state index contributed by atoms with van der Waals surface area (Å²) in [7, 11) is 0. The minimum Gasteiger partial charge on any atom is -0.463 e. The van der Waals surface area contributed by atoms with Crippen molar-refractivity contribution in [2.24, 2.45) is 11.8 Å². The zero-order valence-electron chi connectivity index (χ0n) is 26.1. The quantitative estimate of drug-likeness (QED) is 0.183. The second-order valence-corrected chi connectivity index (χ2v) is 11.6. The average Bonchev–Trinajstić information content (AvgIpc) is 2.98. The maximum Gasteiger partial charge on any atom is 0.309 e. The number of hydrogen-bond donors (Lipinski definition) is 2. The van der Waals surface area contributed by atoms with Gasteiger partial charge in [-0.1, -0.05) is 72.8 Å². The van der Waals surface area contributed by atoms with E-state index in [0.29, 0.717) is 12.1 Å². The van der Waals surface area contributed by atoms with Crippen molar-refractivity contribution in [2.75, 3.05) is 19.8 Å². The van der Waals surface area contributed by atoms with E-state index in [1.54, 1.807) is 57.2 Å². The summed E-state index contributed by atoms with van der Waals surface area (Å²) in [5.41, 5.74) is 0.921. The van der Waals surface area contributed by atoms with Crippen molar-refractivity contribution >= 4 is 23.8 Å². The fraction of sp³-hybridized carbons (Fsp3) is 0.429. The summed E-state index contributed by atoms with van der Waals surface area (Å²) >= 11 is 0. The molecule has 2 rings (SSSR count). The Morgan fingerprint density at radius 3 is 2.07 bits per heavy atom. The molecule has 9 heteroatoms. The molecule has 2 N–H and O–H groups in total. The summed E-state index contributed by atoms with van der Waals surface area (Å²) < 4.78 is 11.0. The highest BCUT2D eigenvalue weighted by atomic mass is 16.6. The highest BCUT2D eigenvalue weighted by Gasteiger charge is 2.29. The summed E-state index contributed by atoms with van der Waals surface area (Å²) in [4.78, 5) is 53.8. The number of hydrogen-bond acceptors (Lipinski definition) is 7. The van der Waals surface area contributed by atoms with Crippen LogP contribution in [0.25, 0.3) is 0 Å². The van der Waals surface area contributed by atoms with Gasteiger partial charge >= 0.3 is 11.9 Å². The van der Waals surface area contributed by atoms with Crippen molar-refractivity contribution in [1.82, 2.24) is 10.2 Å². The molecule has 3 atom stereocenters. The number of aliphatic hydroxyl groups excluding tert-OH is 1. The number of esters is 2. The lowest BCUT2D eigenvalue weighted by molar-refractivity contribution is -0.161. The predicted molar refractivity (Wildman–Crippen MR) is 169 cm³/mol. The highest BCUT2D eigenvalue weighted by Crippen LogP contribution is 2.21. The van der Waals surface area contributed by atoms with Gasteiger partial charge < -0.3 is 24.8 Å². The molecule has 0 aliphatic carbocycles. The smallest absolute Gasteiger partial charge is 0.309 e. The Balaban J connectivity index is 2.16. The van der Waals surface area contributed by atoms with E-state index in [1.807, 2.05) is 36.4 Å². The van der Waals surface area contributed by atoms with E-state index < -0.39 is 41.3 Å². The molecular formula is C35H46N2O7. The van der Waals surface area contributed by atoms with Crippen molar-refractivity contribution in [3.05, 3.63) is 97.1 Å². The molecule has 0 radical (unpaired) electrons. The summed E-state index contributed by atoms with van der Waals surface area (Å²) in [5, 5.41) is 12.5.